The third kappa shape index (κ3) is 2.45. The zero-order chi connectivity index (χ0) is 9.10. The van der Waals surface area contributed by atoms with Crippen LogP contribution in [0.5, 0.6) is 0 Å². The van der Waals surface area contributed by atoms with Crippen LogP contribution in [0.15, 0.2) is 5.16 Å². The monoisotopic (exact) mass is 199 g/mol. The molecule has 0 spiro atoms. The van der Waals surface area contributed by atoms with Gasteiger partial charge in [0, 0.05) is 12.4 Å². The molecule has 2 heterocycles. The predicted octanol–water partition coefficient (Wildman–Crippen LogP) is 1.38. The molecule has 1 aromatic heterocycles. The Labute approximate surface area is 81.5 Å². The molecule has 0 radical (unpaired) electrons. The Kier molecular flexibility index (Phi) is 2.85. The number of ether oxygens (including phenoxy) is 1. The fraction of sp³-hybridized carbons (Fsp3) is 0.750. The van der Waals surface area contributed by atoms with E-state index in [1.54, 1.807) is 11.8 Å². The minimum absolute atomic E-state index is 0.406. The molecule has 5 heteroatoms. The van der Waals surface area contributed by atoms with Crippen molar-refractivity contribution in [1.82, 2.24) is 15.2 Å². The zero-order valence-corrected chi connectivity index (χ0v) is 8.43. The van der Waals surface area contributed by atoms with Gasteiger partial charge in [0.25, 0.3) is 0 Å². The third-order valence-electron chi connectivity index (χ3n) is 2.00. The molecule has 0 saturated carbocycles. The lowest BCUT2D eigenvalue weighted by Crippen LogP contribution is -2.07. The van der Waals surface area contributed by atoms with Gasteiger partial charge in [-0.1, -0.05) is 11.8 Å². The Morgan fingerprint density at radius 2 is 2.62 bits per heavy atom. The summed E-state index contributed by atoms with van der Waals surface area (Å²) in [6.45, 7) is 2.82. The molecule has 0 aromatic carbocycles. The van der Waals surface area contributed by atoms with Crippen molar-refractivity contribution in [3.05, 3.63) is 5.82 Å². The Morgan fingerprint density at radius 1 is 1.69 bits per heavy atom. The van der Waals surface area contributed by atoms with Crippen molar-refractivity contribution in [2.24, 2.45) is 0 Å². The number of nitrogens with one attached hydrogen (secondary N) is 1. The standard InChI is InChI=1S/C8H13N3OS/c1-6-9-8(11-10-6)13-5-7-3-2-4-12-7/h7H,2-5H2,1H3,(H,9,10,11). The largest absolute Gasteiger partial charge is 0.377 e. The number of rotatable bonds is 3. The summed E-state index contributed by atoms with van der Waals surface area (Å²) >= 11 is 1.66. The number of aromatic amines is 1. The number of aromatic nitrogens is 3. The van der Waals surface area contributed by atoms with Crippen LogP contribution in [0.4, 0.5) is 0 Å². The van der Waals surface area contributed by atoms with Crippen molar-refractivity contribution in [3.8, 4) is 0 Å². The summed E-state index contributed by atoms with van der Waals surface area (Å²) in [4.78, 5) is 4.21. The highest BCUT2D eigenvalue weighted by atomic mass is 32.2. The van der Waals surface area contributed by atoms with E-state index in [4.69, 9.17) is 4.74 Å². The van der Waals surface area contributed by atoms with Crippen LogP contribution >= 0.6 is 11.8 Å². The lowest BCUT2D eigenvalue weighted by Gasteiger charge is -2.05. The topological polar surface area (TPSA) is 50.8 Å². The summed E-state index contributed by atoms with van der Waals surface area (Å²) in [7, 11) is 0. The van der Waals surface area contributed by atoms with Crippen LogP contribution in [0.2, 0.25) is 0 Å². The number of H-pyrrole nitrogens is 1. The van der Waals surface area contributed by atoms with Gasteiger partial charge in [-0.05, 0) is 19.8 Å². The molecule has 2 rings (SSSR count). The van der Waals surface area contributed by atoms with Crippen molar-refractivity contribution in [1.29, 1.82) is 0 Å². The quantitative estimate of drug-likeness (QED) is 0.747. The van der Waals surface area contributed by atoms with E-state index in [2.05, 4.69) is 15.2 Å². The van der Waals surface area contributed by atoms with Gasteiger partial charge in [-0.25, -0.2) is 4.98 Å². The highest BCUT2D eigenvalue weighted by molar-refractivity contribution is 7.99. The molecule has 4 nitrogen and oxygen atoms in total. The average Bonchev–Trinajstić information content (AvgIpc) is 2.71. The van der Waals surface area contributed by atoms with E-state index in [0.29, 0.717) is 6.10 Å². The summed E-state index contributed by atoms with van der Waals surface area (Å²) in [6, 6.07) is 0. The Bertz CT molecular complexity index is 270. The normalized spacial score (nSPS) is 22.4. The van der Waals surface area contributed by atoms with Gasteiger partial charge in [-0.15, -0.1) is 5.10 Å². The number of hydrogen-bond donors (Lipinski definition) is 1. The van der Waals surface area contributed by atoms with Crippen LogP contribution in [0.1, 0.15) is 18.7 Å². The van der Waals surface area contributed by atoms with Crippen molar-refractivity contribution in [2.45, 2.75) is 31.0 Å². The van der Waals surface area contributed by atoms with Gasteiger partial charge in [-0.2, -0.15) is 0 Å². The predicted molar refractivity (Wildman–Crippen MR) is 50.8 cm³/mol. The summed E-state index contributed by atoms with van der Waals surface area (Å²) in [5.74, 6) is 1.84. The van der Waals surface area contributed by atoms with Crippen LogP contribution in [0, 0.1) is 6.92 Å². The molecule has 0 amide bonds. The number of nitrogens with zero attached hydrogens (tertiary/aromatic N) is 2. The van der Waals surface area contributed by atoms with Crippen LogP contribution < -0.4 is 0 Å². The fourth-order valence-electron chi connectivity index (χ4n) is 1.33. The van der Waals surface area contributed by atoms with E-state index in [1.165, 1.54) is 12.8 Å². The number of thioether (sulfide) groups is 1. The molecule has 1 aromatic rings. The summed E-state index contributed by atoms with van der Waals surface area (Å²) in [5, 5.41) is 7.70. The molecule has 1 saturated heterocycles. The van der Waals surface area contributed by atoms with Gasteiger partial charge in [0.1, 0.15) is 5.82 Å². The molecular weight excluding hydrogens is 186 g/mol. The highest BCUT2D eigenvalue weighted by Crippen LogP contribution is 2.20. The second kappa shape index (κ2) is 4.11. The van der Waals surface area contributed by atoms with Gasteiger partial charge in [-0.3, -0.25) is 5.10 Å². The molecule has 1 aliphatic heterocycles. The van der Waals surface area contributed by atoms with Gasteiger partial charge in [0.15, 0.2) is 0 Å². The van der Waals surface area contributed by atoms with E-state index >= 15 is 0 Å². The first-order chi connectivity index (χ1) is 6.34. The van der Waals surface area contributed by atoms with Crippen molar-refractivity contribution in [2.75, 3.05) is 12.4 Å². The Morgan fingerprint density at radius 3 is 3.23 bits per heavy atom. The summed E-state index contributed by atoms with van der Waals surface area (Å²) in [5.41, 5.74) is 0. The first-order valence-corrected chi connectivity index (χ1v) is 5.46. The Balaban J connectivity index is 1.78. The second-order valence-electron chi connectivity index (χ2n) is 3.15. The molecule has 1 aliphatic rings. The number of hydrogen-bond acceptors (Lipinski definition) is 4. The lowest BCUT2D eigenvalue weighted by molar-refractivity contribution is 0.129. The van der Waals surface area contributed by atoms with Crippen LogP contribution in [0.25, 0.3) is 0 Å². The van der Waals surface area contributed by atoms with E-state index in [0.717, 1.165) is 23.3 Å². The molecule has 1 atom stereocenters. The maximum absolute atomic E-state index is 5.49. The minimum atomic E-state index is 0.406. The van der Waals surface area contributed by atoms with Gasteiger partial charge < -0.3 is 4.74 Å². The molecule has 72 valence electrons. The van der Waals surface area contributed by atoms with Crippen LogP contribution in [-0.2, 0) is 4.74 Å². The van der Waals surface area contributed by atoms with Gasteiger partial charge in [0.2, 0.25) is 5.16 Å². The van der Waals surface area contributed by atoms with Crippen LogP contribution in [-0.4, -0.2) is 33.6 Å². The number of aryl methyl sites for hydroxylation is 1. The minimum Gasteiger partial charge on any atom is -0.377 e. The molecule has 1 N–H and O–H groups in total. The summed E-state index contributed by atoms with van der Waals surface area (Å²) in [6.07, 6.45) is 2.78. The first-order valence-electron chi connectivity index (χ1n) is 4.48. The fourth-order valence-corrected chi connectivity index (χ4v) is 2.24. The second-order valence-corrected chi connectivity index (χ2v) is 4.14. The smallest absolute Gasteiger partial charge is 0.208 e. The maximum atomic E-state index is 5.49. The van der Waals surface area contributed by atoms with E-state index in [9.17, 15) is 0 Å². The first kappa shape index (κ1) is 9.02. The van der Waals surface area contributed by atoms with E-state index in [1.807, 2.05) is 6.92 Å². The van der Waals surface area contributed by atoms with Gasteiger partial charge in [0.05, 0.1) is 6.10 Å². The van der Waals surface area contributed by atoms with Crippen molar-refractivity contribution < 1.29 is 4.74 Å². The molecule has 1 unspecified atom stereocenters. The van der Waals surface area contributed by atoms with E-state index in [-0.39, 0.29) is 0 Å². The Hall–Kier alpha value is -0.550. The SMILES string of the molecule is Cc1nc(SCC2CCCO2)n[nH]1. The summed E-state index contributed by atoms with van der Waals surface area (Å²) < 4.78 is 5.49. The molecule has 13 heavy (non-hydrogen) atoms. The average molecular weight is 199 g/mol. The van der Waals surface area contributed by atoms with Crippen LogP contribution in [0.3, 0.4) is 0 Å². The van der Waals surface area contributed by atoms with Crippen molar-refractivity contribution >= 4 is 11.8 Å². The van der Waals surface area contributed by atoms with Gasteiger partial charge >= 0.3 is 0 Å². The van der Waals surface area contributed by atoms with Crippen molar-refractivity contribution in [3.63, 3.8) is 0 Å². The lowest BCUT2D eigenvalue weighted by atomic mass is 10.3. The zero-order valence-electron chi connectivity index (χ0n) is 7.62. The third-order valence-corrected chi connectivity index (χ3v) is 2.98. The maximum Gasteiger partial charge on any atom is 0.208 e. The highest BCUT2D eigenvalue weighted by Gasteiger charge is 2.16. The molecule has 0 aliphatic carbocycles. The molecule has 1 fully saturated rings. The molecule has 0 bridgehead atoms. The molecular formula is C8H13N3OS. The van der Waals surface area contributed by atoms with E-state index < -0.39 is 0 Å².